The Morgan fingerprint density at radius 3 is 2.88 bits per heavy atom. The molecule has 1 unspecified atom stereocenters. The summed E-state index contributed by atoms with van der Waals surface area (Å²) in [5.74, 6) is -0.142. The second-order valence-electron chi connectivity index (χ2n) is 3.64. The summed E-state index contributed by atoms with van der Waals surface area (Å²) in [6, 6.07) is 5.56. The van der Waals surface area contributed by atoms with E-state index in [2.05, 4.69) is 13.7 Å². The molecular formula is C11H12N4OS. The summed E-state index contributed by atoms with van der Waals surface area (Å²) in [7, 11) is 1.74. The average molecular weight is 248 g/mol. The first-order chi connectivity index (χ1) is 8.20. The van der Waals surface area contributed by atoms with Crippen molar-refractivity contribution in [3.63, 3.8) is 0 Å². The molecule has 1 amide bonds. The Kier molecular flexibility index (Phi) is 3.43. The summed E-state index contributed by atoms with van der Waals surface area (Å²) >= 11 is 1.03. The van der Waals surface area contributed by atoms with Crippen LogP contribution in [0, 0.1) is 0 Å². The number of carbonyl (C=O) groups excluding carboxylic acids is 1. The highest BCUT2D eigenvalue weighted by Crippen LogP contribution is 2.17. The summed E-state index contributed by atoms with van der Waals surface area (Å²) in [6.07, 6.45) is 3.20. The van der Waals surface area contributed by atoms with Crippen LogP contribution in [0.4, 0.5) is 0 Å². The first kappa shape index (κ1) is 11.7. The molecule has 6 heteroatoms. The maximum Gasteiger partial charge on any atom is 0.275 e. The lowest BCUT2D eigenvalue weighted by Gasteiger charge is -2.23. The Balaban J connectivity index is 2.15. The first-order valence-electron chi connectivity index (χ1n) is 5.16. The molecule has 0 N–H and O–H groups in total. The van der Waals surface area contributed by atoms with Gasteiger partial charge in [-0.2, -0.15) is 8.75 Å². The second kappa shape index (κ2) is 5.01. The molecule has 0 spiro atoms. The highest BCUT2D eigenvalue weighted by Gasteiger charge is 2.21. The Hall–Kier alpha value is -1.82. The fourth-order valence-electron chi connectivity index (χ4n) is 1.44. The fraction of sp³-hybridized carbons (Fsp3) is 0.273. The van der Waals surface area contributed by atoms with Crippen LogP contribution in [0.2, 0.25) is 0 Å². The van der Waals surface area contributed by atoms with Gasteiger partial charge < -0.3 is 4.90 Å². The summed E-state index contributed by atoms with van der Waals surface area (Å²) in [4.78, 5) is 17.9. The van der Waals surface area contributed by atoms with Crippen LogP contribution in [0.15, 0.2) is 30.6 Å². The van der Waals surface area contributed by atoms with Gasteiger partial charge in [0.2, 0.25) is 0 Å². The molecule has 0 saturated heterocycles. The smallest absolute Gasteiger partial charge is 0.275 e. The van der Waals surface area contributed by atoms with E-state index in [1.807, 2.05) is 25.1 Å². The van der Waals surface area contributed by atoms with Crippen LogP contribution in [0.25, 0.3) is 0 Å². The van der Waals surface area contributed by atoms with E-state index < -0.39 is 0 Å². The van der Waals surface area contributed by atoms with E-state index in [9.17, 15) is 4.79 Å². The zero-order valence-corrected chi connectivity index (χ0v) is 10.4. The first-order valence-corrected chi connectivity index (χ1v) is 5.89. The molecule has 2 rings (SSSR count). The molecule has 0 saturated carbocycles. The Morgan fingerprint density at radius 2 is 2.29 bits per heavy atom. The van der Waals surface area contributed by atoms with Gasteiger partial charge in [0.25, 0.3) is 5.91 Å². The van der Waals surface area contributed by atoms with Gasteiger partial charge in [0, 0.05) is 13.2 Å². The Bertz CT molecular complexity index is 485. The quantitative estimate of drug-likeness (QED) is 0.830. The predicted molar refractivity (Wildman–Crippen MR) is 64.7 cm³/mol. The lowest BCUT2D eigenvalue weighted by Crippen LogP contribution is -2.30. The minimum atomic E-state index is -0.142. The number of hydrogen-bond acceptors (Lipinski definition) is 5. The molecule has 17 heavy (non-hydrogen) atoms. The van der Waals surface area contributed by atoms with Crippen LogP contribution in [0.1, 0.15) is 29.1 Å². The summed E-state index contributed by atoms with van der Waals surface area (Å²) in [6.45, 7) is 1.93. The number of nitrogens with zero attached hydrogens (tertiary/aromatic N) is 4. The molecule has 0 aliphatic carbocycles. The number of pyridine rings is 1. The van der Waals surface area contributed by atoms with E-state index in [1.165, 1.54) is 6.20 Å². The number of hydrogen-bond donors (Lipinski definition) is 0. The van der Waals surface area contributed by atoms with E-state index in [1.54, 1.807) is 18.1 Å². The molecule has 5 nitrogen and oxygen atoms in total. The van der Waals surface area contributed by atoms with Crippen LogP contribution in [0.5, 0.6) is 0 Å². The number of amides is 1. The zero-order chi connectivity index (χ0) is 12.3. The van der Waals surface area contributed by atoms with E-state index >= 15 is 0 Å². The van der Waals surface area contributed by atoms with Crippen molar-refractivity contribution in [2.45, 2.75) is 13.0 Å². The molecule has 0 aliphatic rings. The van der Waals surface area contributed by atoms with E-state index in [0.717, 1.165) is 17.4 Å². The number of carbonyl (C=O) groups is 1. The van der Waals surface area contributed by atoms with E-state index in [4.69, 9.17) is 0 Å². The van der Waals surface area contributed by atoms with Gasteiger partial charge in [-0.05, 0) is 19.1 Å². The van der Waals surface area contributed by atoms with Crippen molar-refractivity contribution < 1.29 is 4.79 Å². The average Bonchev–Trinajstić information content (AvgIpc) is 2.91. The molecule has 2 aromatic rings. The molecule has 0 fully saturated rings. The molecule has 0 radical (unpaired) electrons. The molecule has 0 bridgehead atoms. The molecule has 0 aliphatic heterocycles. The second-order valence-corrected chi connectivity index (χ2v) is 4.20. The van der Waals surface area contributed by atoms with Crippen molar-refractivity contribution in [3.05, 3.63) is 42.0 Å². The van der Waals surface area contributed by atoms with Gasteiger partial charge in [0.1, 0.15) is 0 Å². The van der Waals surface area contributed by atoms with Gasteiger partial charge in [-0.25, -0.2) is 0 Å². The van der Waals surface area contributed by atoms with Gasteiger partial charge in [0.05, 0.1) is 29.7 Å². The van der Waals surface area contributed by atoms with Crippen molar-refractivity contribution in [2.75, 3.05) is 7.05 Å². The monoisotopic (exact) mass is 248 g/mol. The highest BCUT2D eigenvalue weighted by atomic mass is 32.1. The minimum Gasteiger partial charge on any atom is -0.332 e. The summed E-state index contributed by atoms with van der Waals surface area (Å²) in [5, 5.41) is 0. The summed E-state index contributed by atoms with van der Waals surface area (Å²) in [5.41, 5.74) is 1.23. The van der Waals surface area contributed by atoms with Gasteiger partial charge in [-0.15, -0.1) is 0 Å². The summed E-state index contributed by atoms with van der Waals surface area (Å²) < 4.78 is 7.76. The number of aromatic nitrogens is 3. The normalized spacial score (nSPS) is 12.1. The lowest BCUT2D eigenvalue weighted by atomic mass is 10.2. The van der Waals surface area contributed by atoms with Crippen LogP contribution < -0.4 is 0 Å². The van der Waals surface area contributed by atoms with E-state index in [-0.39, 0.29) is 11.9 Å². The Labute approximate surface area is 103 Å². The van der Waals surface area contributed by atoms with Crippen molar-refractivity contribution in [2.24, 2.45) is 0 Å². The molecule has 88 valence electrons. The number of rotatable bonds is 3. The topological polar surface area (TPSA) is 59.0 Å². The van der Waals surface area contributed by atoms with Gasteiger partial charge in [-0.1, -0.05) is 6.07 Å². The maximum atomic E-state index is 12.0. The zero-order valence-electron chi connectivity index (χ0n) is 9.57. The third kappa shape index (κ3) is 2.47. The van der Waals surface area contributed by atoms with Gasteiger partial charge in [0.15, 0.2) is 5.69 Å². The standard InChI is InChI=1S/C11H12N4OS/c1-8(9-5-3-4-6-12-9)15(2)11(16)10-7-13-17-14-10/h3-8H,1-2H3. The van der Waals surface area contributed by atoms with Crippen LogP contribution in [0.3, 0.4) is 0 Å². The fourth-order valence-corrected chi connectivity index (χ4v) is 1.84. The van der Waals surface area contributed by atoms with Crippen molar-refractivity contribution >= 4 is 17.6 Å². The molecule has 0 aromatic carbocycles. The molecule has 2 heterocycles. The molecule has 1 atom stereocenters. The van der Waals surface area contributed by atoms with E-state index in [0.29, 0.717) is 5.69 Å². The van der Waals surface area contributed by atoms with Crippen LogP contribution in [-0.4, -0.2) is 31.6 Å². The third-order valence-electron chi connectivity index (χ3n) is 2.60. The van der Waals surface area contributed by atoms with Gasteiger partial charge in [-0.3, -0.25) is 9.78 Å². The van der Waals surface area contributed by atoms with Crippen LogP contribution in [-0.2, 0) is 0 Å². The van der Waals surface area contributed by atoms with Gasteiger partial charge >= 0.3 is 0 Å². The molecular weight excluding hydrogens is 236 g/mol. The molecule has 2 aromatic heterocycles. The largest absolute Gasteiger partial charge is 0.332 e. The maximum absolute atomic E-state index is 12.0. The highest BCUT2D eigenvalue weighted by molar-refractivity contribution is 6.99. The SMILES string of the molecule is CC(c1ccccn1)N(C)C(=O)c1cnsn1. The van der Waals surface area contributed by atoms with Crippen molar-refractivity contribution in [1.82, 2.24) is 18.6 Å². The third-order valence-corrected chi connectivity index (χ3v) is 3.08. The van der Waals surface area contributed by atoms with Crippen molar-refractivity contribution in [1.29, 1.82) is 0 Å². The minimum absolute atomic E-state index is 0.0922. The Morgan fingerprint density at radius 1 is 1.47 bits per heavy atom. The van der Waals surface area contributed by atoms with Crippen LogP contribution >= 0.6 is 11.7 Å². The lowest BCUT2D eigenvalue weighted by molar-refractivity contribution is 0.0735. The predicted octanol–water partition coefficient (Wildman–Crippen LogP) is 1.77. The van der Waals surface area contributed by atoms with Crippen molar-refractivity contribution in [3.8, 4) is 0 Å².